The Kier molecular flexibility index (Phi) is 5.96. The maximum Gasteiger partial charge on any atom is 0.160 e. The number of hydrogen-bond acceptors (Lipinski definition) is 2. The van der Waals surface area contributed by atoms with Gasteiger partial charge < -0.3 is 4.57 Å². The van der Waals surface area contributed by atoms with E-state index in [2.05, 4.69) is 168 Å². The van der Waals surface area contributed by atoms with E-state index in [9.17, 15) is 0 Å². The Hall–Kier alpha value is -6.84. The first kappa shape index (κ1) is 28.0. The summed E-state index contributed by atoms with van der Waals surface area (Å²) in [5.74, 6) is 0.719. The van der Waals surface area contributed by atoms with Gasteiger partial charge in [-0.2, -0.15) is 0 Å². The maximum absolute atomic E-state index is 5.14. The fraction of sp³-hybridized carbons (Fsp3) is 0. The normalized spacial score (nSPS) is 11.9. The fourth-order valence-electron chi connectivity index (χ4n) is 8.39. The molecule has 9 aromatic carbocycles. The highest BCUT2D eigenvalue weighted by molar-refractivity contribution is 6.42. The van der Waals surface area contributed by atoms with Crippen LogP contribution in [0, 0.1) is 0 Å². The minimum absolute atomic E-state index is 0.719. The molecule has 11 rings (SSSR count). The molecule has 0 atom stereocenters. The van der Waals surface area contributed by atoms with Gasteiger partial charge in [0, 0.05) is 43.7 Å². The van der Waals surface area contributed by atoms with Gasteiger partial charge in [-0.3, -0.25) is 0 Å². The molecule has 0 unspecified atom stereocenters. The summed E-state index contributed by atoms with van der Waals surface area (Å²) in [7, 11) is 0. The molecule has 0 saturated heterocycles. The van der Waals surface area contributed by atoms with Gasteiger partial charge in [0.15, 0.2) is 5.82 Å². The topological polar surface area (TPSA) is 30.7 Å². The SMILES string of the molecule is c1ccc(-c2nc(-c3ccc(-n4c5ccccc5c5c6c7ccccc7c7ccccc7c6c6ccccc6c54)cc3)nc3ccccc23)cc1. The largest absolute Gasteiger partial charge is 0.309 e. The first-order valence-corrected chi connectivity index (χ1v) is 17.4. The van der Waals surface area contributed by atoms with E-state index >= 15 is 0 Å². The highest BCUT2D eigenvalue weighted by Gasteiger charge is 2.22. The van der Waals surface area contributed by atoms with Gasteiger partial charge in [-0.1, -0.05) is 140 Å². The Morgan fingerprint density at radius 3 is 1.57 bits per heavy atom. The van der Waals surface area contributed by atoms with Gasteiger partial charge in [0.25, 0.3) is 0 Å². The molecule has 0 spiro atoms. The minimum atomic E-state index is 0.719. The molecule has 51 heavy (non-hydrogen) atoms. The van der Waals surface area contributed by atoms with Gasteiger partial charge in [-0.25, -0.2) is 9.97 Å². The summed E-state index contributed by atoms with van der Waals surface area (Å²) in [6.07, 6.45) is 0. The van der Waals surface area contributed by atoms with Crippen LogP contribution in [-0.4, -0.2) is 14.5 Å². The number of fused-ring (bicyclic) bond motifs is 14. The number of benzene rings is 9. The van der Waals surface area contributed by atoms with Crippen molar-refractivity contribution in [2.45, 2.75) is 0 Å². The lowest BCUT2D eigenvalue weighted by Crippen LogP contribution is -1.97. The van der Waals surface area contributed by atoms with Crippen molar-refractivity contribution >= 4 is 75.8 Å². The van der Waals surface area contributed by atoms with Gasteiger partial charge in [-0.05, 0) is 68.7 Å². The Morgan fingerprint density at radius 1 is 0.333 bits per heavy atom. The van der Waals surface area contributed by atoms with Crippen LogP contribution in [0.3, 0.4) is 0 Å². The Balaban J connectivity index is 1.21. The number of aromatic nitrogens is 3. The van der Waals surface area contributed by atoms with E-state index in [0.717, 1.165) is 39.2 Å². The summed E-state index contributed by atoms with van der Waals surface area (Å²) in [5.41, 5.74) is 7.45. The highest BCUT2D eigenvalue weighted by atomic mass is 15.0. The molecule has 0 amide bonds. The molecule has 0 aliphatic rings. The number of hydrogen-bond donors (Lipinski definition) is 0. The number of rotatable bonds is 3. The number of para-hydroxylation sites is 2. The van der Waals surface area contributed by atoms with Crippen molar-refractivity contribution in [1.29, 1.82) is 0 Å². The van der Waals surface area contributed by atoms with Gasteiger partial charge >= 0.3 is 0 Å². The predicted octanol–water partition coefficient (Wildman–Crippen LogP) is 12.7. The third-order valence-electron chi connectivity index (χ3n) is 10.5. The molecule has 3 heteroatoms. The first-order valence-electron chi connectivity index (χ1n) is 17.4. The van der Waals surface area contributed by atoms with Crippen LogP contribution in [0.2, 0.25) is 0 Å². The zero-order chi connectivity index (χ0) is 33.5. The van der Waals surface area contributed by atoms with E-state index in [1.807, 2.05) is 12.1 Å². The van der Waals surface area contributed by atoms with E-state index in [1.165, 1.54) is 64.9 Å². The molecule has 0 bridgehead atoms. The third kappa shape index (κ3) is 4.06. The van der Waals surface area contributed by atoms with Crippen LogP contribution in [0.15, 0.2) is 176 Å². The molecular formula is C48H29N3. The van der Waals surface area contributed by atoms with Gasteiger partial charge in [-0.15, -0.1) is 0 Å². The standard InChI is InChI=1S/C48H29N3/c1-2-14-30(15-3-1)46-39-22-10-12-24-41(39)49-48(50-46)31-26-28-32(29-27-31)51-42-25-13-11-23-40(42)45-44-36-19-7-5-17-34(36)33-16-4-6-18-35(33)43(44)37-20-8-9-21-38(37)47(45)51/h1-29H. The Labute approximate surface area is 293 Å². The highest BCUT2D eigenvalue weighted by Crippen LogP contribution is 2.47. The van der Waals surface area contributed by atoms with Crippen LogP contribution >= 0.6 is 0 Å². The summed E-state index contributed by atoms with van der Waals surface area (Å²) < 4.78 is 2.46. The second-order valence-corrected chi connectivity index (χ2v) is 13.3. The lowest BCUT2D eigenvalue weighted by Gasteiger charge is -2.16. The van der Waals surface area contributed by atoms with Crippen molar-refractivity contribution < 1.29 is 0 Å². The van der Waals surface area contributed by atoms with E-state index in [-0.39, 0.29) is 0 Å². The van der Waals surface area contributed by atoms with E-state index < -0.39 is 0 Å². The van der Waals surface area contributed by atoms with Crippen LogP contribution in [-0.2, 0) is 0 Å². The molecule has 236 valence electrons. The van der Waals surface area contributed by atoms with Gasteiger partial charge in [0.1, 0.15) is 0 Å². The molecule has 0 aliphatic heterocycles. The van der Waals surface area contributed by atoms with E-state index in [1.54, 1.807) is 0 Å². The third-order valence-corrected chi connectivity index (χ3v) is 10.5. The molecular weight excluding hydrogens is 619 g/mol. The molecule has 2 heterocycles. The molecule has 0 radical (unpaired) electrons. The summed E-state index contributed by atoms with van der Waals surface area (Å²) in [6.45, 7) is 0. The van der Waals surface area contributed by atoms with Crippen molar-refractivity contribution in [2.24, 2.45) is 0 Å². The van der Waals surface area contributed by atoms with Crippen molar-refractivity contribution in [3.63, 3.8) is 0 Å². The summed E-state index contributed by atoms with van der Waals surface area (Å²) in [6, 6.07) is 63.0. The smallest absolute Gasteiger partial charge is 0.160 e. The Bertz CT molecular complexity index is 3170. The lowest BCUT2D eigenvalue weighted by atomic mass is 9.88. The van der Waals surface area contributed by atoms with Crippen LogP contribution in [0.25, 0.3) is 104 Å². The van der Waals surface area contributed by atoms with Gasteiger partial charge in [0.2, 0.25) is 0 Å². The average Bonchev–Trinajstić information content (AvgIpc) is 3.56. The second kappa shape index (κ2) is 10.8. The van der Waals surface area contributed by atoms with Crippen LogP contribution in [0.4, 0.5) is 0 Å². The van der Waals surface area contributed by atoms with Crippen molar-refractivity contribution in [1.82, 2.24) is 14.5 Å². The second-order valence-electron chi connectivity index (χ2n) is 13.3. The molecule has 0 aliphatic carbocycles. The van der Waals surface area contributed by atoms with E-state index in [0.29, 0.717) is 0 Å². The van der Waals surface area contributed by atoms with Crippen molar-refractivity contribution in [2.75, 3.05) is 0 Å². The lowest BCUT2D eigenvalue weighted by molar-refractivity contribution is 1.18. The maximum atomic E-state index is 5.14. The van der Waals surface area contributed by atoms with Crippen LogP contribution < -0.4 is 0 Å². The van der Waals surface area contributed by atoms with E-state index in [4.69, 9.17) is 9.97 Å². The zero-order valence-electron chi connectivity index (χ0n) is 27.6. The molecule has 2 aromatic heterocycles. The predicted molar refractivity (Wildman–Crippen MR) is 215 cm³/mol. The molecule has 11 aromatic rings. The Morgan fingerprint density at radius 2 is 0.863 bits per heavy atom. The first-order chi connectivity index (χ1) is 25.3. The molecule has 3 nitrogen and oxygen atoms in total. The minimum Gasteiger partial charge on any atom is -0.309 e. The fourth-order valence-corrected chi connectivity index (χ4v) is 8.39. The van der Waals surface area contributed by atoms with Crippen molar-refractivity contribution in [3.05, 3.63) is 176 Å². The molecule has 0 saturated carbocycles. The average molecular weight is 648 g/mol. The van der Waals surface area contributed by atoms with Crippen LogP contribution in [0.5, 0.6) is 0 Å². The summed E-state index contributed by atoms with van der Waals surface area (Å²) in [5, 5.41) is 13.9. The number of nitrogens with zero attached hydrogens (tertiary/aromatic N) is 3. The van der Waals surface area contributed by atoms with Crippen LogP contribution in [0.1, 0.15) is 0 Å². The summed E-state index contributed by atoms with van der Waals surface area (Å²) in [4.78, 5) is 10.2. The van der Waals surface area contributed by atoms with Gasteiger partial charge in [0.05, 0.1) is 22.2 Å². The molecule has 0 N–H and O–H groups in total. The monoisotopic (exact) mass is 647 g/mol. The van der Waals surface area contributed by atoms with Crippen molar-refractivity contribution in [3.8, 4) is 28.3 Å². The molecule has 0 fully saturated rings. The quantitative estimate of drug-likeness (QED) is 0.179. The zero-order valence-corrected chi connectivity index (χ0v) is 27.6. The summed E-state index contributed by atoms with van der Waals surface area (Å²) >= 11 is 0.